The second-order valence-electron chi connectivity index (χ2n) is 7.58. The Hall–Kier alpha value is -3.46. The fraction of sp³-hybridized carbons (Fsp3) is 0.208. The van der Waals surface area contributed by atoms with Crippen LogP contribution >= 0.6 is 11.3 Å². The van der Waals surface area contributed by atoms with Crippen LogP contribution in [0.2, 0.25) is 0 Å². The van der Waals surface area contributed by atoms with Crippen LogP contribution < -0.4 is 10.1 Å². The third-order valence-corrected chi connectivity index (χ3v) is 6.04. The van der Waals surface area contributed by atoms with Crippen molar-refractivity contribution in [2.45, 2.75) is 26.4 Å². The molecule has 4 aromatic rings. The zero-order chi connectivity index (χ0) is 23.6. The maximum Gasteiger partial charge on any atom is 0.416 e. The summed E-state index contributed by atoms with van der Waals surface area (Å²) >= 11 is 1.28. The molecule has 2 aromatic carbocycles. The van der Waals surface area contributed by atoms with Gasteiger partial charge >= 0.3 is 6.18 Å². The van der Waals surface area contributed by atoms with Crippen molar-refractivity contribution in [2.24, 2.45) is 0 Å². The van der Waals surface area contributed by atoms with Gasteiger partial charge in [-0.15, -0.1) is 21.5 Å². The first kappa shape index (κ1) is 22.7. The van der Waals surface area contributed by atoms with E-state index in [2.05, 4.69) is 21.6 Å². The van der Waals surface area contributed by atoms with Crippen molar-refractivity contribution in [3.05, 3.63) is 81.7 Å². The molecule has 1 N–H and O–H groups in total. The number of amides is 1. The number of ether oxygens (including phenoxy) is 1. The summed E-state index contributed by atoms with van der Waals surface area (Å²) in [6, 6.07) is 12.3. The van der Waals surface area contributed by atoms with E-state index in [1.807, 2.05) is 26.0 Å². The number of rotatable bonds is 6. The largest absolute Gasteiger partial charge is 0.437 e. The van der Waals surface area contributed by atoms with Crippen molar-refractivity contribution in [1.82, 2.24) is 15.5 Å². The Morgan fingerprint density at radius 1 is 1.09 bits per heavy atom. The van der Waals surface area contributed by atoms with Crippen LogP contribution in [0.15, 0.2) is 53.9 Å². The maximum atomic E-state index is 13.1. The van der Waals surface area contributed by atoms with Gasteiger partial charge in [-0.3, -0.25) is 4.79 Å². The SMILES string of the molecule is Cc1ccc(CCNC(=O)c2c(Oc3cccc(C(F)(F)F)c3)nnc3ccsc23)c(C)c1. The first-order valence-corrected chi connectivity index (χ1v) is 11.0. The highest BCUT2D eigenvalue weighted by Crippen LogP contribution is 2.35. The normalized spacial score (nSPS) is 11.5. The van der Waals surface area contributed by atoms with Crippen LogP contribution in [0, 0.1) is 13.8 Å². The van der Waals surface area contributed by atoms with Gasteiger partial charge in [-0.2, -0.15) is 13.2 Å². The highest BCUT2D eigenvalue weighted by molar-refractivity contribution is 7.17. The molecule has 0 unspecified atom stereocenters. The van der Waals surface area contributed by atoms with Gasteiger partial charge in [0.25, 0.3) is 11.8 Å². The number of thiophene rings is 1. The van der Waals surface area contributed by atoms with Gasteiger partial charge in [0.05, 0.1) is 10.3 Å². The molecule has 2 aromatic heterocycles. The Balaban J connectivity index is 1.58. The average molecular weight is 472 g/mol. The second-order valence-corrected chi connectivity index (χ2v) is 8.49. The number of halogens is 3. The number of hydrogen-bond donors (Lipinski definition) is 1. The highest BCUT2D eigenvalue weighted by Gasteiger charge is 2.31. The Bertz CT molecular complexity index is 1320. The minimum absolute atomic E-state index is 0.0839. The molecule has 0 atom stereocenters. The van der Waals surface area contributed by atoms with Crippen LogP contribution in [0.3, 0.4) is 0 Å². The molecule has 2 heterocycles. The summed E-state index contributed by atoms with van der Waals surface area (Å²) in [5.74, 6) is -0.656. The molecule has 0 saturated carbocycles. The lowest BCUT2D eigenvalue weighted by atomic mass is 10.0. The van der Waals surface area contributed by atoms with Crippen molar-refractivity contribution in [3.63, 3.8) is 0 Å². The number of hydrogen-bond acceptors (Lipinski definition) is 5. The molecular formula is C24H20F3N3O2S. The lowest BCUT2D eigenvalue weighted by Crippen LogP contribution is -2.26. The van der Waals surface area contributed by atoms with Gasteiger partial charge in [0.2, 0.25) is 0 Å². The summed E-state index contributed by atoms with van der Waals surface area (Å²) < 4.78 is 45.4. The average Bonchev–Trinajstić information content (AvgIpc) is 3.23. The number of fused-ring (bicyclic) bond motifs is 1. The van der Waals surface area contributed by atoms with E-state index in [0.717, 1.165) is 23.3 Å². The first-order chi connectivity index (χ1) is 15.7. The number of carbonyl (C=O) groups is 1. The molecule has 1 amide bonds. The third-order valence-electron chi connectivity index (χ3n) is 5.11. The predicted octanol–water partition coefficient (Wildman–Crippen LogP) is 6.09. The van der Waals surface area contributed by atoms with Gasteiger partial charge in [0, 0.05) is 6.54 Å². The van der Waals surface area contributed by atoms with Crippen molar-refractivity contribution >= 4 is 27.5 Å². The van der Waals surface area contributed by atoms with Gasteiger partial charge in [-0.05, 0) is 61.0 Å². The zero-order valence-electron chi connectivity index (χ0n) is 17.9. The van der Waals surface area contributed by atoms with E-state index in [4.69, 9.17) is 4.74 Å². The number of nitrogens with one attached hydrogen (secondary N) is 1. The standard InChI is InChI=1S/C24H20F3N3O2S/c1-14-6-7-16(15(2)12-14)8-10-28-22(31)20-21-19(9-11-33-21)29-30-23(20)32-18-5-3-4-17(13-18)24(25,26)27/h3-7,9,11-13H,8,10H2,1-2H3,(H,28,31). The highest BCUT2D eigenvalue weighted by atomic mass is 32.1. The van der Waals surface area contributed by atoms with Gasteiger partial charge in [0.15, 0.2) is 0 Å². The van der Waals surface area contributed by atoms with Crippen molar-refractivity contribution < 1.29 is 22.7 Å². The van der Waals surface area contributed by atoms with Crippen LogP contribution in [-0.4, -0.2) is 22.6 Å². The predicted molar refractivity (Wildman–Crippen MR) is 121 cm³/mol. The third kappa shape index (κ3) is 5.14. The molecule has 0 aliphatic carbocycles. The number of aryl methyl sites for hydroxylation is 2. The molecule has 0 fully saturated rings. The summed E-state index contributed by atoms with van der Waals surface area (Å²) in [6.07, 6.45) is -3.88. The van der Waals surface area contributed by atoms with Crippen molar-refractivity contribution in [1.29, 1.82) is 0 Å². The summed E-state index contributed by atoms with van der Waals surface area (Å²) in [5.41, 5.74) is 3.23. The number of benzene rings is 2. The molecule has 0 aliphatic rings. The Morgan fingerprint density at radius 2 is 1.91 bits per heavy atom. The topological polar surface area (TPSA) is 64.1 Å². The molecule has 5 nitrogen and oxygen atoms in total. The van der Waals surface area contributed by atoms with Crippen LogP contribution in [0.5, 0.6) is 11.6 Å². The lowest BCUT2D eigenvalue weighted by molar-refractivity contribution is -0.137. The monoisotopic (exact) mass is 471 g/mol. The molecule has 170 valence electrons. The quantitative estimate of drug-likeness (QED) is 0.370. The van der Waals surface area contributed by atoms with E-state index in [0.29, 0.717) is 23.2 Å². The molecule has 9 heteroatoms. The Morgan fingerprint density at radius 3 is 2.67 bits per heavy atom. The summed E-state index contributed by atoms with van der Waals surface area (Å²) in [5, 5.41) is 12.6. The van der Waals surface area contributed by atoms with E-state index in [9.17, 15) is 18.0 Å². The minimum atomic E-state index is -4.52. The number of alkyl halides is 3. The van der Waals surface area contributed by atoms with Crippen molar-refractivity contribution in [2.75, 3.05) is 6.54 Å². The summed E-state index contributed by atoms with van der Waals surface area (Å²) in [6.45, 7) is 4.42. The molecule has 0 radical (unpaired) electrons. The molecule has 33 heavy (non-hydrogen) atoms. The maximum absolute atomic E-state index is 13.1. The number of carbonyl (C=O) groups excluding carboxylic acids is 1. The van der Waals surface area contributed by atoms with Crippen LogP contribution in [0.4, 0.5) is 13.2 Å². The lowest BCUT2D eigenvalue weighted by Gasteiger charge is -2.13. The van der Waals surface area contributed by atoms with E-state index >= 15 is 0 Å². The fourth-order valence-electron chi connectivity index (χ4n) is 3.46. The number of nitrogens with zero attached hydrogens (tertiary/aromatic N) is 2. The minimum Gasteiger partial charge on any atom is -0.437 e. The van der Waals surface area contributed by atoms with E-state index in [1.54, 1.807) is 11.4 Å². The summed E-state index contributed by atoms with van der Waals surface area (Å²) in [7, 11) is 0. The van der Waals surface area contributed by atoms with Gasteiger partial charge in [-0.25, -0.2) is 0 Å². The molecule has 0 saturated heterocycles. The van der Waals surface area contributed by atoms with Crippen LogP contribution in [-0.2, 0) is 12.6 Å². The second kappa shape index (κ2) is 9.19. The Kier molecular flexibility index (Phi) is 6.33. The van der Waals surface area contributed by atoms with Gasteiger partial charge < -0.3 is 10.1 Å². The first-order valence-electron chi connectivity index (χ1n) is 10.2. The van der Waals surface area contributed by atoms with Crippen LogP contribution in [0.1, 0.15) is 32.6 Å². The molecule has 0 spiro atoms. The molecule has 0 aliphatic heterocycles. The summed E-state index contributed by atoms with van der Waals surface area (Å²) in [4.78, 5) is 13.1. The van der Waals surface area contributed by atoms with E-state index in [1.165, 1.54) is 29.0 Å². The van der Waals surface area contributed by atoms with E-state index < -0.39 is 17.6 Å². The van der Waals surface area contributed by atoms with Crippen LogP contribution in [0.25, 0.3) is 10.2 Å². The van der Waals surface area contributed by atoms with E-state index in [-0.39, 0.29) is 17.2 Å². The van der Waals surface area contributed by atoms with Gasteiger partial charge in [0.1, 0.15) is 16.8 Å². The molecule has 0 bridgehead atoms. The Labute approximate surface area is 192 Å². The fourth-order valence-corrected chi connectivity index (χ4v) is 4.32. The number of aromatic nitrogens is 2. The van der Waals surface area contributed by atoms with Gasteiger partial charge in [-0.1, -0.05) is 29.8 Å². The molecule has 4 rings (SSSR count). The van der Waals surface area contributed by atoms with Crippen molar-refractivity contribution in [3.8, 4) is 11.6 Å². The molecular weight excluding hydrogens is 451 g/mol. The smallest absolute Gasteiger partial charge is 0.416 e. The zero-order valence-corrected chi connectivity index (χ0v) is 18.7.